The van der Waals surface area contributed by atoms with Gasteiger partial charge in [0.15, 0.2) is 0 Å². The van der Waals surface area contributed by atoms with Crippen molar-refractivity contribution in [2.24, 2.45) is 0 Å². The molecule has 1 aromatic heterocycles. The predicted octanol–water partition coefficient (Wildman–Crippen LogP) is 1.19. The van der Waals surface area contributed by atoms with Gasteiger partial charge < -0.3 is 15.0 Å². The molecule has 0 spiro atoms. The van der Waals surface area contributed by atoms with E-state index in [1.54, 1.807) is 19.0 Å². The lowest BCUT2D eigenvalue weighted by Crippen LogP contribution is -2.39. The van der Waals surface area contributed by atoms with Gasteiger partial charge in [0.1, 0.15) is 5.00 Å². The molecule has 9 heteroatoms. The average Bonchev–Trinajstić information content (AvgIpc) is 2.79. The van der Waals surface area contributed by atoms with Gasteiger partial charge in [0.25, 0.3) is 0 Å². The van der Waals surface area contributed by atoms with E-state index in [9.17, 15) is 14.4 Å². The van der Waals surface area contributed by atoms with Crippen molar-refractivity contribution in [3.63, 3.8) is 0 Å². The summed E-state index contributed by atoms with van der Waals surface area (Å²) in [5, 5.41) is 3.42. The summed E-state index contributed by atoms with van der Waals surface area (Å²) in [6.45, 7) is 7.54. The molecule has 156 valence electrons. The van der Waals surface area contributed by atoms with E-state index in [-0.39, 0.29) is 18.4 Å². The average molecular weight is 411 g/mol. The molecule has 2 amide bonds. The summed E-state index contributed by atoms with van der Waals surface area (Å²) in [5.74, 6) is -0.498. The highest BCUT2D eigenvalue weighted by atomic mass is 32.1. The maximum Gasteiger partial charge on any atom is 0.341 e. The van der Waals surface area contributed by atoms with E-state index in [2.05, 4.69) is 15.1 Å². The monoisotopic (exact) mass is 410 g/mol. The maximum atomic E-state index is 12.6. The van der Waals surface area contributed by atoms with E-state index in [1.165, 1.54) is 18.4 Å². The summed E-state index contributed by atoms with van der Waals surface area (Å²) >= 11 is 1.39. The van der Waals surface area contributed by atoms with Crippen LogP contribution in [-0.4, -0.2) is 93.0 Å². The Hall–Kier alpha value is -1.97. The summed E-state index contributed by atoms with van der Waals surface area (Å²) in [4.78, 5) is 43.3. The number of nitrogens with zero attached hydrogens (tertiary/aromatic N) is 3. The molecule has 0 saturated carbocycles. The topological polar surface area (TPSA) is 82.2 Å². The third-order valence-electron chi connectivity index (χ3n) is 4.93. The van der Waals surface area contributed by atoms with Crippen molar-refractivity contribution in [1.29, 1.82) is 0 Å². The van der Waals surface area contributed by atoms with Gasteiger partial charge in [-0.05, 0) is 38.9 Å². The van der Waals surface area contributed by atoms with Crippen molar-refractivity contribution >= 4 is 34.1 Å². The van der Waals surface area contributed by atoms with Gasteiger partial charge >= 0.3 is 5.97 Å². The quantitative estimate of drug-likeness (QED) is 0.710. The minimum absolute atomic E-state index is 0.0879. The van der Waals surface area contributed by atoms with Gasteiger partial charge in [-0.2, -0.15) is 0 Å². The van der Waals surface area contributed by atoms with Crippen LogP contribution in [0.1, 0.15) is 27.2 Å². The Balaban J connectivity index is 1.93. The molecule has 1 N–H and O–H groups in total. The van der Waals surface area contributed by atoms with Crippen LogP contribution in [-0.2, 0) is 14.3 Å². The molecular formula is C19H30N4O4S. The lowest BCUT2D eigenvalue weighted by molar-refractivity contribution is -0.130. The molecule has 0 radical (unpaired) electrons. The molecule has 1 aliphatic heterocycles. The molecule has 28 heavy (non-hydrogen) atoms. The van der Waals surface area contributed by atoms with Crippen LogP contribution in [0.4, 0.5) is 5.00 Å². The number of hydrogen-bond donors (Lipinski definition) is 1. The van der Waals surface area contributed by atoms with Crippen LogP contribution >= 0.6 is 11.3 Å². The molecule has 0 atom stereocenters. The fraction of sp³-hybridized carbons (Fsp3) is 0.632. The fourth-order valence-electron chi connectivity index (χ4n) is 3.11. The van der Waals surface area contributed by atoms with E-state index in [0.717, 1.165) is 43.0 Å². The number of amides is 2. The number of nitrogens with one attached hydrogen (secondary N) is 1. The number of carbonyl (C=O) groups excluding carboxylic acids is 3. The van der Waals surface area contributed by atoms with E-state index in [1.807, 2.05) is 13.8 Å². The number of thiophene rings is 1. The Bertz CT molecular complexity index is 732. The van der Waals surface area contributed by atoms with E-state index >= 15 is 0 Å². The minimum Gasteiger partial charge on any atom is -0.465 e. The number of methoxy groups -OCH3 is 1. The Labute approximate surface area is 170 Å². The van der Waals surface area contributed by atoms with Crippen LogP contribution in [0.2, 0.25) is 0 Å². The third-order valence-corrected chi connectivity index (χ3v) is 6.06. The maximum absolute atomic E-state index is 12.6. The highest BCUT2D eigenvalue weighted by molar-refractivity contribution is 7.16. The number of likely N-dealkylation sites (N-methyl/N-ethyl adjacent to an activating group) is 1. The Morgan fingerprint density at radius 2 is 1.68 bits per heavy atom. The normalized spacial score (nSPS) is 15.8. The molecule has 0 unspecified atom stereocenters. The molecule has 2 rings (SSSR count). The fourth-order valence-corrected chi connectivity index (χ4v) is 4.17. The van der Waals surface area contributed by atoms with Crippen molar-refractivity contribution in [3.8, 4) is 0 Å². The Morgan fingerprint density at radius 3 is 2.25 bits per heavy atom. The van der Waals surface area contributed by atoms with Gasteiger partial charge in [0, 0.05) is 32.1 Å². The molecular weight excluding hydrogens is 380 g/mol. The Kier molecular flexibility index (Phi) is 7.97. The number of aryl methyl sites for hydroxylation is 1. The standard InChI is InChI=1S/C19H30N4O4S/c1-13-14(2)28-18(17(13)19(26)27-5)20-15(24)11-22-7-6-8-23(10-9-22)12-16(25)21(3)4/h6-12H2,1-5H3,(H,20,24). The zero-order valence-corrected chi connectivity index (χ0v) is 18.1. The summed E-state index contributed by atoms with van der Waals surface area (Å²) in [7, 11) is 4.85. The van der Waals surface area contributed by atoms with Crippen LogP contribution < -0.4 is 5.32 Å². The van der Waals surface area contributed by atoms with E-state index in [4.69, 9.17) is 4.74 Å². The SMILES string of the molecule is COC(=O)c1c(NC(=O)CN2CCCN(CC(=O)N(C)C)CC2)sc(C)c1C. The van der Waals surface area contributed by atoms with E-state index in [0.29, 0.717) is 17.1 Å². The molecule has 8 nitrogen and oxygen atoms in total. The van der Waals surface area contributed by atoms with Gasteiger partial charge in [0.05, 0.1) is 25.8 Å². The van der Waals surface area contributed by atoms with Gasteiger partial charge in [0.2, 0.25) is 11.8 Å². The second-order valence-corrected chi connectivity index (χ2v) is 8.45. The number of ether oxygens (including phenoxy) is 1. The van der Waals surface area contributed by atoms with Gasteiger partial charge in [-0.25, -0.2) is 4.79 Å². The first-order valence-electron chi connectivity index (χ1n) is 9.36. The largest absolute Gasteiger partial charge is 0.465 e. The number of carbonyl (C=O) groups is 3. The number of hydrogen-bond acceptors (Lipinski definition) is 7. The lowest BCUT2D eigenvalue weighted by atomic mass is 10.1. The van der Waals surface area contributed by atoms with Crippen LogP contribution in [0.5, 0.6) is 0 Å². The first-order chi connectivity index (χ1) is 13.2. The molecule has 1 aliphatic rings. The summed E-state index contributed by atoms with van der Waals surface area (Å²) < 4.78 is 4.85. The van der Waals surface area contributed by atoms with Crippen molar-refractivity contribution < 1.29 is 19.1 Å². The van der Waals surface area contributed by atoms with Gasteiger partial charge in [-0.1, -0.05) is 0 Å². The number of anilines is 1. The molecule has 2 heterocycles. The van der Waals surface area contributed by atoms with Gasteiger partial charge in [-0.15, -0.1) is 11.3 Å². The van der Waals surface area contributed by atoms with Crippen molar-refractivity contribution in [3.05, 3.63) is 16.0 Å². The third kappa shape index (κ3) is 5.76. The first kappa shape index (κ1) is 22.3. The second-order valence-electron chi connectivity index (χ2n) is 7.22. The Morgan fingerprint density at radius 1 is 1.07 bits per heavy atom. The van der Waals surface area contributed by atoms with Crippen LogP contribution in [0, 0.1) is 13.8 Å². The van der Waals surface area contributed by atoms with Crippen LogP contribution in [0.25, 0.3) is 0 Å². The zero-order chi connectivity index (χ0) is 20.8. The van der Waals surface area contributed by atoms with Crippen molar-refractivity contribution in [2.75, 3.05) is 65.8 Å². The predicted molar refractivity (Wildman–Crippen MR) is 110 cm³/mol. The smallest absolute Gasteiger partial charge is 0.341 e. The molecule has 0 aliphatic carbocycles. The lowest BCUT2D eigenvalue weighted by Gasteiger charge is -2.22. The second kappa shape index (κ2) is 9.99. The molecule has 1 aromatic rings. The molecule has 0 aromatic carbocycles. The minimum atomic E-state index is -0.437. The van der Waals surface area contributed by atoms with Gasteiger partial charge in [-0.3, -0.25) is 19.4 Å². The summed E-state index contributed by atoms with van der Waals surface area (Å²) in [5.41, 5.74) is 1.27. The van der Waals surface area contributed by atoms with Crippen LogP contribution in [0.3, 0.4) is 0 Å². The molecule has 1 saturated heterocycles. The highest BCUT2D eigenvalue weighted by Gasteiger charge is 2.23. The van der Waals surface area contributed by atoms with Crippen LogP contribution in [0.15, 0.2) is 0 Å². The summed E-state index contributed by atoms with van der Waals surface area (Å²) in [6.07, 6.45) is 0.901. The number of rotatable bonds is 6. The summed E-state index contributed by atoms with van der Waals surface area (Å²) in [6, 6.07) is 0. The molecule has 1 fully saturated rings. The zero-order valence-electron chi connectivity index (χ0n) is 17.3. The van der Waals surface area contributed by atoms with Crippen molar-refractivity contribution in [2.45, 2.75) is 20.3 Å². The molecule has 0 bridgehead atoms. The first-order valence-corrected chi connectivity index (χ1v) is 10.2. The van der Waals surface area contributed by atoms with E-state index < -0.39 is 5.97 Å². The highest BCUT2D eigenvalue weighted by Crippen LogP contribution is 2.32. The number of esters is 1. The van der Waals surface area contributed by atoms with Crippen molar-refractivity contribution in [1.82, 2.24) is 14.7 Å².